The van der Waals surface area contributed by atoms with E-state index in [-0.39, 0.29) is 30.4 Å². The Hall–Kier alpha value is -4.57. The molecule has 1 N–H and O–H groups in total. The molecule has 0 radical (unpaired) electrons. The molecule has 0 fully saturated rings. The normalized spacial score (nSPS) is 11.9. The Morgan fingerprint density at radius 3 is 2.57 bits per heavy atom. The number of H-pyrrole nitrogens is 1. The molecule has 0 spiro atoms. The highest BCUT2D eigenvalue weighted by molar-refractivity contribution is 5.72. The molecule has 0 unspecified atom stereocenters. The van der Waals surface area contributed by atoms with E-state index >= 15 is 0 Å². The number of hydrogen-bond acceptors (Lipinski definition) is 6. The summed E-state index contributed by atoms with van der Waals surface area (Å²) in [7, 11) is 0. The number of aromatic nitrogens is 2. The zero-order valence-electron chi connectivity index (χ0n) is 20.8. The van der Waals surface area contributed by atoms with Gasteiger partial charge in [0.05, 0.1) is 11.3 Å². The Kier molecular flexibility index (Phi) is 6.91. The molecular weight excluding hydrogens is 466 g/mol. The SMILES string of the molecule is CCC(CC)c1nc(Cc2cccc(-c3ccccc3)c2C#N)c(Oc2ccc3c(c2)OCO3)c(=O)[nH]1. The van der Waals surface area contributed by atoms with E-state index in [1.54, 1.807) is 18.2 Å². The van der Waals surface area contributed by atoms with Crippen molar-refractivity contribution < 1.29 is 14.2 Å². The fourth-order valence-electron chi connectivity index (χ4n) is 4.60. The summed E-state index contributed by atoms with van der Waals surface area (Å²) in [5, 5.41) is 10.1. The van der Waals surface area contributed by atoms with E-state index in [0.717, 1.165) is 29.5 Å². The minimum absolute atomic E-state index is 0.0996. The first-order valence-corrected chi connectivity index (χ1v) is 12.4. The number of ether oxygens (including phenoxy) is 3. The third-order valence-corrected chi connectivity index (χ3v) is 6.61. The van der Waals surface area contributed by atoms with Crippen molar-refractivity contribution in [3.05, 3.63) is 99.7 Å². The average Bonchev–Trinajstić information content (AvgIpc) is 3.40. The van der Waals surface area contributed by atoms with Crippen LogP contribution in [0.15, 0.2) is 71.5 Å². The molecule has 0 saturated carbocycles. The predicted octanol–water partition coefficient (Wildman–Crippen LogP) is 6.32. The maximum Gasteiger partial charge on any atom is 0.294 e. The predicted molar refractivity (Wildman–Crippen MR) is 140 cm³/mol. The molecule has 1 aromatic heterocycles. The first kappa shape index (κ1) is 24.1. The van der Waals surface area contributed by atoms with Gasteiger partial charge in [0.25, 0.3) is 5.56 Å². The molecule has 186 valence electrons. The van der Waals surface area contributed by atoms with E-state index in [2.05, 4.69) is 24.9 Å². The van der Waals surface area contributed by atoms with Crippen molar-refractivity contribution in [3.63, 3.8) is 0 Å². The number of benzene rings is 3. The van der Waals surface area contributed by atoms with E-state index in [9.17, 15) is 10.1 Å². The summed E-state index contributed by atoms with van der Waals surface area (Å²) >= 11 is 0. The van der Waals surface area contributed by atoms with Crippen LogP contribution in [0.5, 0.6) is 23.0 Å². The van der Waals surface area contributed by atoms with Crippen LogP contribution in [0.4, 0.5) is 0 Å². The van der Waals surface area contributed by atoms with Crippen molar-refractivity contribution in [2.45, 2.75) is 39.0 Å². The summed E-state index contributed by atoms with van der Waals surface area (Å²) in [5.74, 6) is 2.45. The van der Waals surface area contributed by atoms with Gasteiger partial charge in [-0.25, -0.2) is 4.98 Å². The van der Waals surface area contributed by atoms with E-state index in [4.69, 9.17) is 19.2 Å². The smallest absolute Gasteiger partial charge is 0.294 e. The topological polar surface area (TPSA) is 97.2 Å². The van der Waals surface area contributed by atoms with Gasteiger partial charge in [-0.3, -0.25) is 4.79 Å². The lowest BCUT2D eigenvalue weighted by Crippen LogP contribution is -2.19. The Balaban J connectivity index is 1.60. The van der Waals surface area contributed by atoms with Crippen molar-refractivity contribution >= 4 is 0 Å². The van der Waals surface area contributed by atoms with Crippen molar-refractivity contribution in [1.29, 1.82) is 5.26 Å². The first-order chi connectivity index (χ1) is 18.1. The monoisotopic (exact) mass is 493 g/mol. The second-order valence-electron chi connectivity index (χ2n) is 8.85. The van der Waals surface area contributed by atoms with Gasteiger partial charge in [0.15, 0.2) is 11.5 Å². The summed E-state index contributed by atoms with van der Waals surface area (Å²) < 4.78 is 16.9. The van der Waals surface area contributed by atoms with Crippen LogP contribution >= 0.6 is 0 Å². The Morgan fingerprint density at radius 2 is 1.81 bits per heavy atom. The first-order valence-electron chi connectivity index (χ1n) is 12.4. The molecule has 0 amide bonds. The minimum Gasteiger partial charge on any atom is -0.454 e. The maximum absolute atomic E-state index is 13.3. The quantitative estimate of drug-likeness (QED) is 0.308. The van der Waals surface area contributed by atoms with Gasteiger partial charge in [-0.2, -0.15) is 5.26 Å². The third-order valence-electron chi connectivity index (χ3n) is 6.61. The van der Waals surface area contributed by atoms with E-state index in [0.29, 0.717) is 34.3 Å². The fourth-order valence-corrected chi connectivity index (χ4v) is 4.60. The summed E-state index contributed by atoms with van der Waals surface area (Å²) in [6.45, 7) is 4.29. The number of hydrogen-bond donors (Lipinski definition) is 1. The summed E-state index contributed by atoms with van der Waals surface area (Å²) in [6.07, 6.45) is 1.95. The number of aromatic amines is 1. The molecule has 3 aromatic carbocycles. The molecule has 0 bridgehead atoms. The lowest BCUT2D eigenvalue weighted by molar-refractivity contribution is 0.174. The molecule has 1 aliphatic heterocycles. The van der Waals surface area contributed by atoms with Crippen molar-refractivity contribution in [2.24, 2.45) is 0 Å². The summed E-state index contributed by atoms with van der Waals surface area (Å²) in [6, 6.07) is 23.1. The Morgan fingerprint density at radius 1 is 1.03 bits per heavy atom. The van der Waals surface area contributed by atoms with Gasteiger partial charge in [0, 0.05) is 18.4 Å². The standard InChI is InChI=1S/C30H27N3O4/c1-3-19(4-2)29-32-25(15-21-11-8-12-23(24(21)17-31)20-9-6-5-7-10-20)28(30(34)33-29)37-22-13-14-26-27(16-22)36-18-35-26/h5-14,16,19H,3-4,15,18H2,1-2H3,(H,32,33,34). The van der Waals surface area contributed by atoms with Gasteiger partial charge < -0.3 is 19.2 Å². The largest absolute Gasteiger partial charge is 0.454 e. The lowest BCUT2D eigenvalue weighted by Gasteiger charge is -2.17. The zero-order chi connectivity index (χ0) is 25.8. The van der Waals surface area contributed by atoms with Crippen LogP contribution < -0.4 is 19.8 Å². The second-order valence-corrected chi connectivity index (χ2v) is 8.85. The van der Waals surface area contributed by atoms with Crippen molar-refractivity contribution in [3.8, 4) is 40.2 Å². The molecule has 5 rings (SSSR count). The molecule has 4 aromatic rings. The van der Waals surface area contributed by atoms with Gasteiger partial charge in [-0.15, -0.1) is 0 Å². The summed E-state index contributed by atoms with van der Waals surface area (Å²) in [5.41, 5.74) is 3.23. The van der Waals surface area contributed by atoms with Crippen molar-refractivity contribution in [2.75, 3.05) is 6.79 Å². The number of nitrogens with zero attached hydrogens (tertiary/aromatic N) is 2. The Bertz CT molecular complexity index is 1520. The van der Waals surface area contributed by atoms with Gasteiger partial charge in [0.1, 0.15) is 17.6 Å². The Labute approximate surface area is 215 Å². The van der Waals surface area contributed by atoms with Crippen molar-refractivity contribution in [1.82, 2.24) is 9.97 Å². The zero-order valence-corrected chi connectivity index (χ0v) is 20.8. The molecule has 7 nitrogen and oxygen atoms in total. The van der Waals surface area contributed by atoms with Crippen LogP contribution in [0.25, 0.3) is 11.1 Å². The fraction of sp³-hybridized carbons (Fsp3) is 0.233. The number of nitriles is 1. The van der Waals surface area contributed by atoms with Crippen LogP contribution in [0.1, 0.15) is 55.3 Å². The molecule has 2 heterocycles. The second kappa shape index (κ2) is 10.6. The van der Waals surface area contributed by atoms with Crippen LogP contribution in [0, 0.1) is 11.3 Å². The molecule has 0 saturated heterocycles. The highest BCUT2D eigenvalue weighted by Crippen LogP contribution is 2.37. The van der Waals surface area contributed by atoms with E-state index < -0.39 is 0 Å². The molecule has 7 heteroatoms. The van der Waals surface area contributed by atoms with Crippen LogP contribution in [0.3, 0.4) is 0 Å². The molecular formula is C30H27N3O4. The number of nitrogens with one attached hydrogen (secondary N) is 1. The van der Waals surface area contributed by atoms with E-state index in [1.165, 1.54) is 0 Å². The molecule has 0 atom stereocenters. The van der Waals surface area contributed by atoms with Gasteiger partial charge in [-0.05, 0) is 41.7 Å². The highest BCUT2D eigenvalue weighted by atomic mass is 16.7. The van der Waals surface area contributed by atoms with Gasteiger partial charge in [0.2, 0.25) is 12.5 Å². The lowest BCUT2D eigenvalue weighted by atomic mass is 9.93. The average molecular weight is 494 g/mol. The van der Waals surface area contributed by atoms with Gasteiger partial charge >= 0.3 is 0 Å². The maximum atomic E-state index is 13.3. The van der Waals surface area contributed by atoms with Crippen LogP contribution in [-0.4, -0.2) is 16.8 Å². The van der Waals surface area contributed by atoms with E-state index in [1.807, 2.05) is 48.5 Å². The highest BCUT2D eigenvalue weighted by Gasteiger charge is 2.21. The minimum atomic E-state index is -0.359. The molecule has 1 aliphatic rings. The third kappa shape index (κ3) is 4.91. The molecule has 37 heavy (non-hydrogen) atoms. The summed E-state index contributed by atoms with van der Waals surface area (Å²) in [4.78, 5) is 21.1. The van der Waals surface area contributed by atoms with Crippen LogP contribution in [-0.2, 0) is 6.42 Å². The van der Waals surface area contributed by atoms with Crippen LogP contribution in [0.2, 0.25) is 0 Å². The van der Waals surface area contributed by atoms with Gasteiger partial charge in [-0.1, -0.05) is 62.4 Å². The number of rotatable bonds is 8. The molecule has 0 aliphatic carbocycles. The number of fused-ring (bicyclic) bond motifs is 1.